The van der Waals surface area contributed by atoms with E-state index >= 15 is 0 Å². The van der Waals surface area contributed by atoms with Gasteiger partial charge in [-0.1, -0.05) is 18.1 Å². The lowest BCUT2D eigenvalue weighted by molar-refractivity contribution is -0.119. The van der Waals surface area contributed by atoms with Crippen LogP contribution < -0.4 is 10.2 Å². The summed E-state index contributed by atoms with van der Waals surface area (Å²) in [5.41, 5.74) is 0.424. The van der Waals surface area contributed by atoms with Crippen LogP contribution in [0.5, 0.6) is 0 Å². The first-order valence-electron chi connectivity index (χ1n) is 5.41. The maximum atomic E-state index is 11.7. The number of sulfonamides is 1. The highest BCUT2D eigenvalue weighted by Crippen LogP contribution is 2.28. The molecule has 1 aromatic rings. The standard InChI is InChI=1S/C12H11N3O3S/c1-2-7-13-12(16)8-15-9-14-19(17,18)11-6-4-3-5-10(11)15/h1,3-6,9H,7-8H2,(H,13,16). The Balaban J connectivity index is 2.26. The van der Waals surface area contributed by atoms with E-state index in [9.17, 15) is 13.2 Å². The molecule has 6 nitrogen and oxygen atoms in total. The van der Waals surface area contributed by atoms with E-state index in [1.807, 2.05) is 0 Å². The number of amides is 1. The number of hydrogen-bond acceptors (Lipinski definition) is 4. The van der Waals surface area contributed by atoms with Gasteiger partial charge in [0.15, 0.2) is 0 Å². The van der Waals surface area contributed by atoms with E-state index in [1.165, 1.54) is 11.0 Å². The monoisotopic (exact) mass is 277 g/mol. The molecule has 19 heavy (non-hydrogen) atoms. The number of nitrogens with zero attached hydrogens (tertiary/aromatic N) is 2. The number of nitrogens with one attached hydrogen (secondary N) is 1. The maximum absolute atomic E-state index is 11.7. The molecule has 0 unspecified atom stereocenters. The van der Waals surface area contributed by atoms with Gasteiger partial charge in [0.05, 0.1) is 12.2 Å². The van der Waals surface area contributed by atoms with Crippen LogP contribution in [-0.4, -0.2) is 33.8 Å². The zero-order valence-electron chi connectivity index (χ0n) is 9.91. The number of terminal acetylenes is 1. The van der Waals surface area contributed by atoms with Gasteiger partial charge < -0.3 is 10.2 Å². The summed E-state index contributed by atoms with van der Waals surface area (Å²) >= 11 is 0. The smallest absolute Gasteiger partial charge is 0.285 e. The highest BCUT2D eigenvalue weighted by atomic mass is 32.2. The molecule has 2 rings (SSSR count). The van der Waals surface area contributed by atoms with Crippen LogP contribution in [0.3, 0.4) is 0 Å². The van der Waals surface area contributed by atoms with Crippen molar-refractivity contribution in [3.63, 3.8) is 0 Å². The second-order valence-electron chi connectivity index (χ2n) is 3.77. The molecule has 0 atom stereocenters. The Morgan fingerprint density at radius 1 is 1.42 bits per heavy atom. The number of fused-ring (bicyclic) bond motifs is 1. The summed E-state index contributed by atoms with van der Waals surface area (Å²) in [4.78, 5) is 13.1. The predicted octanol–water partition coefficient (Wildman–Crippen LogP) is -0.0270. The minimum Gasteiger partial charge on any atom is -0.344 e. The molecule has 7 heteroatoms. The molecule has 0 saturated heterocycles. The molecule has 0 spiro atoms. The van der Waals surface area contributed by atoms with Crippen molar-refractivity contribution in [1.29, 1.82) is 0 Å². The van der Waals surface area contributed by atoms with E-state index in [0.29, 0.717) is 5.69 Å². The van der Waals surface area contributed by atoms with Crippen molar-refractivity contribution in [3.05, 3.63) is 24.3 Å². The quantitative estimate of drug-likeness (QED) is 0.787. The second kappa shape index (κ2) is 5.12. The summed E-state index contributed by atoms with van der Waals surface area (Å²) in [7, 11) is -3.66. The van der Waals surface area contributed by atoms with Crippen LogP contribution in [0, 0.1) is 12.3 Å². The summed E-state index contributed by atoms with van der Waals surface area (Å²) in [5.74, 6) is 1.98. The van der Waals surface area contributed by atoms with Crippen molar-refractivity contribution in [1.82, 2.24) is 5.32 Å². The van der Waals surface area contributed by atoms with Crippen LogP contribution in [0.1, 0.15) is 0 Å². The topological polar surface area (TPSA) is 78.8 Å². The molecule has 1 aliphatic heterocycles. The van der Waals surface area contributed by atoms with Gasteiger partial charge in [-0.25, -0.2) is 0 Å². The van der Waals surface area contributed by atoms with E-state index in [4.69, 9.17) is 6.42 Å². The molecule has 98 valence electrons. The zero-order chi connectivity index (χ0) is 13.9. The van der Waals surface area contributed by atoms with Gasteiger partial charge in [0, 0.05) is 0 Å². The van der Waals surface area contributed by atoms with E-state index in [0.717, 1.165) is 6.34 Å². The van der Waals surface area contributed by atoms with Crippen LogP contribution in [0.2, 0.25) is 0 Å². The van der Waals surface area contributed by atoms with Gasteiger partial charge in [-0.3, -0.25) is 4.79 Å². The van der Waals surface area contributed by atoms with Crippen LogP contribution in [0.25, 0.3) is 0 Å². The second-order valence-corrected chi connectivity index (χ2v) is 5.37. The van der Waals surface area contributed by atoms with Crippen LogP contribution in [0.4, 0.5) is 5.69 Å². The fourth-order valence-electron chi connectivity index (χ4n) is 1.64. The zero-order valence-corrected chi connectivity index (χ0v) is 10.7. The van der Waals surface area contributed by atoms with E-state index < -0.39 is 10.0 Å². The summed E-state index contributed by atoms with van der Waals surface area (Å²) < 4.78 is 26.9. The van der Waals surface area contributed by atoms with Crippen LogP contribution in [-0.2, 0) is 14.8 Å². The Kier molecular flexibility index (Phi) is 3.53. The molecular weight excluding hydrogens is 266 g/mol. The molecule has 1 heterocycles. The van der Waals surface area contributed by atoms with E-state index in [2.05, 4.69) is 15.6 Å². The Morgan fingerprint density at radius 2 is 2.16 bits per heavy atom. The molecule has 0 bridgehead atoms. The number of benzene rings is 1. The molecule has 1 aliphatic rings. The van der Waals surface area contributed by atoms with Crippen molar-refractivity contribution in [3.8, 4) is 12.3 Å². The third-order valence-corrected chi connectivity index (χ3v) is 3.75. The summed E-state index contributed by atoms with van der Waals surface area (Å²) in [5, 5.41) is 2.50. The Bertz CT molecular complexity index is 674. The molecule has 0 saturated carbocycles. The van der Waals surface area contributed by atoms with Crippen LogP contribution in [0.15, 0.2) is 33.6 Å². The number of hydrogen-bond donors (Lipinski definition) is 1. The molecule has 0 aromatic heterocycles. The summed E-state index contributed by atoms with van der Waals surface area (Å²) in [6, 6.07) is 6.37. The van der Waals surface area contributed by atoms with Gasteiger partial charge >= 0.3 is 0 Å². The third kappa shape index (κ3) is 2.74. The van der Waals surface area contributed by atoms with Gasteiger partial charge in [0.1, 0.15) is 17.8 Å². The maximum Gasteiger partial charge on any atom is 0.285 e. The first kappa shape index (κ1) is 13.1. The molecule has 0 fully saturated rings. The molecule has 1 amide bonds. The molecular formula is C12H11N3O3S. The number of carbonyl (C=O) groups excluding carboxylic acids is 1. The lowest BCUT2D eigenvalue weighted by atomic mass is 10.3. The highest BCUT2D eigenvalue weighted by molar-refractivity contribution is 7.90. The Hall–Kier alpha value is -2.33. The van der Waals surface area contributed by atoms with Gasteiger partial charge in [0.2, 0.25) is 5.91 Å². The number of anilines is 1. The molecule has 0 radical (unpaired) electrons. The van der Waals surface area contributed by atoms with Crippen molar-refractivity contribution < 1.29 is 13.2 Å². The number of para-hydroxylation sites is 1. The first-order valence-corrected chi connectivity index (χ1v) is 6.85. The first-order chi connectivity index (χ1) is 9.04. The Labute approximate surface area is 111 Å². The van der Waals surface area contributed by atoms with Gasteiger partial charge in [-0.2, -0.15) is 8.42 Å². The molecule has 0 aliphatic carbocycles. The fourth-order valence-corrected chi connectivity index (χ4v) is 2.69. The van der Waals surface area contributed by atoms with Crippen molar-refractivity contribution in [2.24, 2.45) is 4.40 Å². The van der Waals surface area contributed by atoms with Crippen molar-refractivity contribution in [2.45, 2.75) is 4.90 Å². The SMILES string of the molecule is C#CCNC(=O)CN1C=NS(=O)(=O)c2ccccc21. The van der Waals surface area contributed by atoms with E-state index in [1.54, 1.807) is 18.2 Å². The highest BCUT2D eigenvalue weighted by Gasteiger charge is 2.25. The minimum atomic E-state index is -3.66. The molecule has 1 N–H and O–H groups in total. The average molecular weight is 277 g/mol. The van der Waals surface area contributed by atoms with Gasteiger partial charge in [-0.05, 0) is 12.1 Å². The normalized spacial score (nSPS) is 15.4. The lowest BCUT2D eigenvalue weighted by Gasteiger charge is -2.24. The van der Waals surface area contributed by atoms with Crippen LogP contribution >= 0.6 is 0 Å². The minimum absolute atomic E-state index is 0.0439. The van der Waals surface area contributed by atoms with Crippen molar-refractivity contribution >= 4 is 28.0 Å². The average Bonchev–Trinajstić information content (AvgIpc) is 2.40. The fraction of sp³-hybridized carbons (Fsp3) is 0.167. The van der Waals surface area contributed by atoms with Crippen molar-refractivity contribution in [2.75, 3.05) is 18.0 Å². The molecule has 1 aromatic carbocycles. The summed E-state index contributed by atoms with van der Waals surface area (Å²) in [6.07, 6.45) is 6.17. The van der Waals surface area contributed by atoms with Gasteiger partial charge in [-0.15, -0.1) is 10.8 Å². The van der Waals surface area contributed by atoms with E-state index in [-0.39, 0.29) is 23.9 Å². The van der Waals surface area contributed by atoms with Gasteiger partial charge in [0.25, 0.3) is 10.0 Å². The largest absolute Gasteiger partial charge is 0.344 e. The lowest BCUT2D eigenvalue weighted by Crippen LogP contribution is -2.38. The Morgan fingerprint density at radius 3 is 2.89 bits per heavy atom. The number of carbonyl (C=O) groups is 1. The number of rotatable bonds is 3. The predicted molar refractivity (Wildman–Crippen MR) is 71.3 cm³/mol. The summed E-state index contributed by atoms with van der Waals surface area (Å²) in [6.45, 7) is 0.0848. The third-order valence-electron chi connectivity index (χ3n) is 2.48.